The molecule has 0 spiro atoms. The second-order valence-corrected chi connectivity index (χ2v) is 6.34. The number of benzene rings is 1. The molecule has 1 fully saturated rings. The number of nitrogens with one attached hydrogen (secondary N) is 1. The minimum absolute atomic E-state index is 0.524. The molecule has 0 aliphatic heterocycles. The third kappa shape index (κ3) is 3.83. The first-order chi connectivity index (χ1) is 8.81. The van der Waals surface area contributed by atoms with Crippen LogP contribution in [0.4, 0.5) is 0 Å². The molecule has 18 heavy (non-hydrogen) atoms. The summed E-state index contributed by atoms with van der Waals surface area (Å²) in [5, 5.41) is 3.54. The lowest BCUT2D eigenvalue weighted by molar-refractivity contribution is 0.299. The predicted octanol–water partition coefficient (Wildman–Crippen LogP) is 5.07. The van der Waals surface area contributed by atoms with Gasteiger partial charge in [0.25, 0.3) is 0 Å². The number of hydrogen-bond acceptors (Lipinski definition) is 1. The lowest BCUT2D eigenvalue weighted by Gasteiger charge is -2.29. The van der Waals surface area contributed by atoms with E-state index in [1.54, 1.807) is 0 Å². The summed E-state index contributed by atoms with van der Waals surface area (Å²) >= 11 is 3.51. The molecule has 1 aromatic rings. The van der Waals surface area contributed by atoms with E-state index in [0.717, 1.165) is 5.92 Å². The molecule has 1 nitrogen and oxygen atoms in total. The van der Waals surface area contributed by atoms with Gasteiger partial charge >= 0.3 is 0 Å². The average molecular weight is 310 g/mol. The molecule has 1 saturated carbocycles. The zero-order chi connectivity index (χ0) is 12.8. The van der Waals surface area contributed by atoms with Gasteiger partial charge in [-0.15, -0.1) is 0 Å². The first-order valence-corrected chi connectivity index (χ1v) is 8.03. The van der Waals surface area contributed by atoms with Crippen molar-refractivity contribution >= 4 is 15.9 Å². The fraction of sp³-hybridized carbons (Fsp3) is 0.625. The molecule has 0 saturated heterocycles. The second kappa shape index (κ2) is 7.30. The summed E-state index contributed by atoms with van der Waals surface area (Å²) < 4.78 is 1.17. The lowest BCUT2D eigenvalue weighted by Crippen LogP contribution is -2.26. The second-order valence-electron chi connectivity index (χ2n) is 5.42. The fourth-order valence-corrected chi connectivity index (χ4v) is 3.43. The van der Waals surface area contributed by atoms with Crippen molar-refractivity contribution < 1.29 is 0 Å². The SMILES string of the molecule is CNC(c1ccc(Br)cc1)C1CCCCCCC1. The molecule has 100 valence electrons. The van der Waals surface area contributed by atoms with E-state index in [1.165, 1.54) is 55.0 Å². The van der Waals surface area contributed by atoms with E-state index in [-0.39, 0.29) is 0 Å². The summed E-state index contributed by atoms with van der Waals surface area (Å²) in [6, 6.07) is 9.34. The van der Waals surface area contributed by atoms with E-state index in [0.29, 0.717) is 6.04 Å². The van der Waals surface area contributed by atoms with Gasteiger partial charge in [-0.1, -0.05) is 60.2 Å². The van der Waals surface area contributed by atoms with Crippen molar-refractivity contribution in [3.8, 4) is 0 Å². The van der Waals surface area contributed by atoms with Gasteiger partial charge < -0.3 is 5.32 Å². The molecular formula is C16H24BrN. The smallest absolute Gasteiger partial charge is 0.0346 e. The van der Waals surface area contributed by atoms with E-state index in [4.69, 9.17) is 0 Å². The summed E-state index contributed by atoms with van der Waals surface area (Å²) in [6.07, 6.45) is 9.84. The molecule has 1 atom stereocenters. The van der Waals surface area contributed by atoms with Crippen LogP contribution in [0.1, 0.15) is 56.6 Å². The van der Waals surface area contributed by atoms with Crippen LogP contribution < -0.4 is 5.32 Å². The highest BCUT2D eigenvalue weighted by atomic mass is 79.9. The Morgan fingerprint density at radius 1 is 1.00 bits per heavy atom. The molecule has 0 aromatic heterocycles. The lowest BCUT2D eigenvalue weighted by atomic mass is 9.83. The normalized spacial score (nSPS) is 20.1. The minimum Gasteiger partial charge on any atom is -0.313 e. The van der Waals surface area contributed by atoms with Gasteiger partial charge in [-0.3, -0.25) is 0 Å². The van der Waals surface area contributed by atoms with Gasteiger partial charge in [0.15, 0.2) is 0 Å². The van der Waals surface area contributed by atoms with Crippen LogP contribution >= 0.6 is 15.9 Å². The number of hydrogen-bond donors (Lipinski definition) is 1. The van der Waals surface area contributed by atoms with Crippen LogP contribution in [0, 0.1) is 5.92 Å². The van der Waals surface area contributed by atoms with Gasteiger partial charge in [-0.05, 0) is 43.5 Å². The summed E-state index contributed by atoms with van der Waals surface area (Å²) in [5.74, 6) is 0.802. The highest BCUT2D eigenvalue weighted by Crippen LogP contribution is 2.33. The maximum absolute atomic E-state index is 3.54. The molecule has 1 aliphatic carbocycles. The number of rotatable bonds is 3. The maximum atomic E-state index is 3.54. The zero-order valence-electron chi connectivity index (χ0n) is 11.3. The maximum Gasteiger partial charge on any atom is 0.0346 e. The fourth-order valence-electron chi connectivity index (χ4n) is 3.17. The molecule has 1 N–H and O–H groups in total. The van der Waals surface area contributed by atoms with E-state index in [2.05, 4.69) is 52.6 Å². The topological polar surface area (TPSA) is 12.0 Å². The molecule has 1 aromatic carbocycles. The molecule has 2 rings (SSSR count). The van der Waals surface area contributed by atoms with Crippen molar-refractivity contribution in [1.29, 1.82) is 0 Å². The summed E-state index contributed by atoms with van der Waals surface area (Å²) in [6.45, 7) is 0. The van der Waals surface area contributed by atoms with Gasteiger partial charge in [0.1, 0.15) is 0 Å². The molecule has 0 heterocycles. The molecule has 1 unspecified atom stereocenters. The van der Waals surface area contributed by atoms with Crippen LogP contribution in [-0.4, -0.2) is 7.05 Å². The molecule has 0 radical (unpaired) electrons. The zero-order valence-corrected chi connectivity index (χ0v) is 12.9. The molecule has 0 bridgehead atoms. The summed E-state index contributed by atoms with van der Waals surface area (Å²) in [4.78, 5) is 0. The molecular weight excluding hydrogens is 286 g/mol. The first kappa shape index (κ1) is 14.1. The Bertz CT molecular complexity index is 339. The number of halogens is 1. The van der Waals surface area contributed by atoms with Gasteiger partial charge in [-0.2, -0.15) is 0 Å². The Kier molecular flexibility index (Phi) is 5.71. The Balaban J connectivity index is 2.08. The summed E-state index contributed by atoms with van der Waals surface area (Å²) in [7, 11) is 2.10. The van der Waals surface area contributed by atoms with Crippen LogP contribution in [0.15, 0.2) is 28.7 Å². The van der Waals surface area contributed by atoms with E-state index < -0.39 is 0 Å². The third-order valence-corrected chi connectivity index (χ3v) is 4.69. The van der Waals surface area contributed by atoms with Crippen LogP contribution in [-0.2, 0) is 0 Å². The van der Waals surface area contributed by atoms with Crippen LogP contribution in [0.3, 0.4) is 0 Å². The Hall–Kier alpha value is -0.340. The molecule has 0 amide bonds. The Labute approximate surface area is 119 Å². The highest BCUT2D eigenvalue weighted by molar-refractivity contribution is 9.10. The van der Waals surface area contributed by atoms with Crippen molar-refractivity contribution in [1.82, 2.24) is 5.32 Å². The van der Waals surface area contributed by atoms with Crippen molar-refractivity contribution in [3.63, 3.8) is 0 Å². The van der Waals surface area contributed by atoms with Crippen LogP contribution in [0.25, 0.3) is 0 Å². The monoisotopic (exact) mass is 309 g/mol. The van der Waals surface area contributed by atoms with Crippen molar-refractivity contribution in [3.05, 3.63) is 34.3 Å². The van der Waals surface area contributed by atoms with E-state index in [1.807, 2.05) is 0 Å². The predicted molar refractivity (Wildman–Crippen MR) is 81.8 cm³/mol. The van der Waals surface area contributed by atoms with Gasteiger partial charge in [0, 0.05) is 10.5 Å². The molecule has 2 heteroatoms. The van der Waals surface area contributed by atoms with Gasteiger partial charge in [0.05, 0.1) is 0 Å². The average Bonchev–Trinajstić information content (AvgIpc) is 2.34. The van der Waals surface area contributed by atoms with Crippen molar-refractivity contribution in [2.45, 2.75) is 51.0 Å². The third-order valence-electron chi connectivity index (χ3n) is 4.16. The molecule has 1 aliphatic rings. The summed E-state index contributed by atoms with van der Waals surface area (Å²) in [5.41, 5.74) is 1.44. The van der Waals surface area contributed by atoms with Crippen molar-refractivity contribution in [2.75, 3.05) is 7.05 Å². The van der Waals surface area contributed by atoms with Crippen molar-refractivity contribution in [2.24, 2.45) is 5.92 Å². The Morgan fingerprint density at radius 3 is 2.11 bits per heavy atom. The van der Waals surface area contributed by atoms with Crippen LogP contribution in [0.5, 0.6) is 0 Å². The Morgan fingerprint density at radius 2 is 1.56 bits per heavy atom. The van der Waals surface area contributed by atoms with Gasteiger partial charge in [0.2, 0.25) is 0 Å². The minimum atomic E-state index is 0.524. The first-order valence-electron chi connectivity index (χ1n) is 7.24. The highest BCUT2D eigenvalue weighted by Gasteiger charge is 2.22. The quantitative estimate of drug-likeness (QED) is 0.822. The van der Waals surface area contributed by atoms with E-state index in [9.17, 15) is 0 Å². The van der Waals surface area contributed by atoms with E-state index >= 15 is 0 Å². The largest absolute Gasteiger partial charge is 0.313 e. The standard InChI is InChI=1S/C16H24BrN/c1-18-16(14-9-11-15(17)12-10-14)13-7-5-3-2-4-6-8-13/h9-13,16,18H,2-8H2,1H3. The van der Waals surface area contributed by atoms with Crippen LogP contribution in [0.2, 0.25) is 0 Å². The van der Waals surface area contributed by atoms with Gasteiger partial charge in [-0.25, -0.2) is 0 Å².